The van der Waals surface area contributed by atoms with Crippen LogP contribution in [0.1, 0.15) is 31.9 Å². The minimum Gasteiger partial charge on any atom is -0.306 e. The lowest BCUT2D eigenvalue weighted by atomic mass is 10.0. The maximum atomic E-state index is 12.0. The van der Waals surface area contributed by atoms with E-state index < -0.39 is 10.8 Å². The van der Waals surface area contributed by atoms with E-state index in [0.717, 1.165) is 12.2 Å². The van der Waals surface area contributed by atoms with Crippen molar-refractivity contribution >= 4 is 10.8 Å². The molecule has 0 radical (unpaired) electrons. The molecule has 1 aromatic carbocycles. The lowest BCUT2D eigenvalue weighted by Crippen LogP contribution is -2.34. The standard InChI is InChI=1S/C13H19NOS/c1-10-8-9-16(15)11(2)13(14-10)12-6-4-3-5-7-12/h3-7,10-11,13-14H,8-9H2,1-2H3. The fourth-order valence-electron chi connectivity index (χ4n) is 2.18. The zero-order valence-corrected chi connectivity index (χ0v) is 10.7. The van der Waals surface area contributed by atoms with Crippen LogP contribution in [0.15, 0.2) is 30.3 Å². The minimum absolute atomic E-state index is 0.187. The summed E-state index contributed by atoms with van der Waals surface area (Å²) in [7, 11) is -0.716. The predicted molar refractivity (Wildman–Crippen MR) is 68.9 cm³/mol. The van der Waals surface area contributed by atoms with Crippen molar-refractivity contribution < 1.29 is 4.21 Å². The molecule has 0 aromatic heterocycles. The SMILES string of the molecule is CC1CCS(=O)C(C)C(c2ccccc2)N1. The van der Waals surface area contributed by atoms with Crippen LogP contribution < -0.4 is 5.32 Å². The third-order valence-corrected chi connectivity index (χ3v) is 5.00. The van der Waals surface area contributed by atoms with Crippen molar-refractivity contribution in [2.45, 2.75) is 37.6 Å². The van der Waals surface area contributed by atoms with Crippen LogP contribution in [0.4, 0.5) is 0 Å². The second-order valence-electron chi connectivity index (χ2n) is 4.53. The predicted octanol–water partition coefficient (Wildman–Crippen LogP) is 2.25. The summed E-state index contributed by atoms with van der Waals surface area (Å²) in [6.45, 7) is 4.25. The van der Waals surface area contributed by atoms with E-state index in [9.17, 15) is 4.21 Å². The number of nitrogens with one attached hydrogen (secondary N) is 1. The molecule has 1 saturated heterocycles. The fourth-order valence-corrected chi connectivity index (χ4v) is 3.68. The zero-order chi connectivity index (χ0) is 11.5. The van der Waals surface area contributed by atoms with Gasteiger partial charge in [0.15, 0.2) is 0 Å². The Morgan fingerprint density at radius 1 is 1.25 bits per heavy atom. The monoisotopic (exact) mass is 237 g/mol. The molecule has 0 saturated carbocycles. The maximum Gasteiger partial charge on any atom is 0.0514 e. The van der Waals surface area contributed by atoms with Crippen LogP contribution in [0, 0.1) is 0 Å². The maximum absolute atomic E-state index is 12.0. The van der Waals surface area contributed by atoms with Crippen LogP contribution in [0.25, 0.3) is 0 Å². The summed E-state index contributed by atoms with van der Waals surface area (Å²) >= 11 is 0. The highest BCUT2D eigenvalue weighted by molar-refractivity contribution is 7.85. The van der Waals surface area contributed by atoms with Crippen LogP contribution in [0.5, 0.6) is 0 Å². The van der Waals surface area contributed by atoms with Crippen LogP contribution >= 0.6 is 0 Å². The highest BCUT2D eigenvalue weighted by Crippen LogP contribution is 2.24. The van der Waals surface area contributed by atoms with Gasteiger partial charge in [-0.1, -0.05) is 30.3 Å². The van der Waals surface area contributed by atoms with Gasteiger partial charge in [-0.25, -0.2) is 0 Å². The van der Waals surface area contributed by atoms with Gasteiger partial charge in [-0.15, -0.1) is 0 Å². The molecule has 4 atom stereocenters. The Kier molecular flexibility index (Phi) is 3.77. The van der Waals surface area contributed by atoms with Gasteiger partial charge in [-0.2, -0.15) is 0 Å². The van der Waals surface area contributed by atoms with Gasteiger partial charge in [0.25, 0.3) is 0 Å². The molecule has 2 nitrogen and oxygen atoms in total. The molecule has 0 aliphatic carbocycles. The first-order chi connectivity index (χ1) is 7.68. The number of hydrogen-bond donors (Lipinski definition) is 1. The Morgan fingerprint density at radius 3 is 2.62 bits per heavy atom. The second-order valence-corrected chi connectivity index (χ2v) is 6.45. The molecule has 1 aromatic rings. The van der Waals surface area contributed by atoms with E-state index in [4.69, 9.17) is 0 Å². The van der Waals surface area contributed by atoms with Gasteiger partial charge < -0.3 is 5.32 Å². The summed E-state index contributed by atoms with van der Waals surface area (Å²) in [5.41, 5.74) is 1.25. The Morgan fingerprint density at radius 2 is 1.94 bits per heavy atom. The van der Waals surface area contributed by atoms with Gasteiger partial charge in [-0.05, 0) is 25.8 Å². The van der Waals surface area contributed by atoms with Gasteiger partial charge in [0.2, 0.25) is 0 Å². The molecule has 0 amide bonds. The molecule has 2 rings (SSSR count). The quantitative estimate of drug-likeness (QED) is 0.811. The molecule has 1 heterocycles. The van der Waals surface area contributed by atoms with Gasteiger partial charge >= 0.3 is 0 Å². The smallest absolute Gasteiger partial charge is 0.0514 e. The zero-order valence-electron chi connectivity index (χ0n) is 9.85. The van der Waals surface area contributed by atoms with Gasteiger partial charge in [0, 0.05) is 28.6 Å². The van der Waals surface area contributed by atoms with Crippen LogP contribution in [0.2, 0.25) is 0 Å². The highest BCUT2D eigenvalue weighted by atomic mass is 32.2. The van der Waals surface area contributed by atoms with Gasteiger partial charge in [-0.3, -0.25) is 4.21 Å². The lowest BCUT2D eigenvalue weighted by Gasteiger charge is -2.24. The Hall–Kier alpha value is -0.670. The molecule has 1 aliphatic heterocycles. The van der Waals surface area contributed by atoms with E-state index in [1.54, 1.807) is 0 Å². The first-order valence-electron chi connectivity index (χ1n) is 5.86. The molecule has 1 aliphatic rings. The average molecular weight is 237 g/mol. The van der Waals surface area contributed by atoms with Crippen LogP contribution in [-0.4, -0.2) is 21.3 Å². The summed E-state index contributed by atoms with van der Waals surface area (Å²) in [4.78, 5) is 0. The van der Waals surface area contributed by atoms with E-state index in [1.165, 1.54) is 5.56 Å². The van der Waals surface area contributed by atoms with Crippen molar-refractivity contribution in [1.82, 2.24) is 5.32 Å². The molecule has 0 bridgehead atoms. The molecule has 1 fully saturated rings. The van der Waals surface area contributed by atoms with Crippen molar-refractivity contribution in [2.24, 2.45) is 0 Å². The average Bonchev–Trinajstić information content (AvgIpc) is 2.44. The first-order valence-corrected chi connectivity index (χ1v) is 7.25. The number of benzene rings is 1. The van der Waals surface area contributed by atoms with Crippen molar-refractivity contribution in [3.05, 3.63) is 35.9 Å². The summed E-state index contributed by atoms with van der Waals surface area (Å²) in [5.74, 6) is 0.818. The Bertz CT molecular complexity index is 365. The van der Waals surface area contributed by atoms with E-state index in [1.807, 2.05) is 18.2 Å². The summed E-state index contributed by atoms with van der Waals surface area (Å²) in [6.07, 6.45) is 1.00. The number of hydrogen-bond acceptors (Lipinski definition) is 2. The fraction of sp³-hybridized carbons (Fsp3) is 0.538. The lowest BCUT2D eigenvalue weighted by molar-refractivity contribution is 0.455. The first kappa shape index (κ1) is 11.8. The Labute approximate surface area is 99.9 Å². The van der Waals surface area contributed by atoms with E-state index in [2.05, 4.69) is 31.3 Å². The molecular weight excluding hydrogens is 218 g/mol. The molecule has 1 N–H and O–H groups in total. The van der Waals surface area contributed by atoms with Crippen molar-refractivity contribution in [1.29, 1.82) is 0 Å². The third-order valence-electron chi connectivity index (χ3n) is 3.26. The molecule has 4 unspecified atom stereocenters. The summed E-state index contributed by atoms with van der Waals surface area (Å²) in [6, 6.07) is 11.0. The largest absolute Gasteiger partial charge is 0.306 e. The van der Waals surface area contributed by atoms with Crippen molar-refractivity contribution in [2.75, 3.05) is 5.75 Å². The second kappa shape index (κ2) is 5.11. The normalized spacial score (nSPS) is 35.6. The van der Waals surface area contributed by atoms with E-state index in [0.29, 0.717) is 6.04 Å². The van der Waals surface area contributed by atoms with Gasteiger partial charge in [0.05, 0.1) is 5.25 Å². The summed E-state index contributed by atoms with van der Waals surface area (Å²) < 4.78 is 12.0. The van der Waals surface area contributed by atoms with Crippen molar-refractivity contribution in [3.63, 3.8) is 0 Å². The molecule has 0 spiro atoms. The van der Waals surface area contributed by atoms with E-state index >= 15 is 0 Å². The topological polar surface area (TPSA) is 29.1 Å². The van der Waals surface area contributed by atoms with E-state index in [-0.39, 0.29) is 11.3 Å². The Balaban J connectivity index is 2.26. The van der Waals surface area contributed by atoms with Gasteiger partial charge in [0.1, 0.15) is 0 Å². The molecule has 88 valence electrons. The molecular formula is C13H19NOS. The minimum atomic E-state index is -0.716. The highest BCUT2D eigenvalue weighted by Gasteiger charge is 2.28. The van der Waals surface area contributed by atoms with Crippen molar-refractivity contribution in [3.8, 4) is 0 Å². The third kappa shape index (κ3) is 2.53. The number of rotatable bonds is 1. The van der Waals surface area contributed by atoms with Crippen LogP contribution in [-0.2, 0) is 10.8 Å². The molecule has 3 heteroatoms. The van der Waals surface area contributed by atoms with Crippen LogP contribution in [0.3, 0.4) is 0 Å². The summed E-state index contributed by atoms with van der Waals surface area (Å²) in [5, 5.41) is 3.77. The molecule has 16 heavy (non-hydrogen) atoms.